The smallest absolute Gasteiger partial charge is 0.296 e. The number of ether oxygens (including phenoxy) is 2. The minimum absolute atomic E-state index is 0.00476. The molecule has 0 saturated carbocycles. The zero-order valence-corrected chi connectivity index (χ0v) is 11.8. The summed E-state index contributed by atoms with van der Waals surface area (Å²) in [5, 5.41) is 17.0. The monoisotopic (exact) mass is 295 g/mol. The number of nitro groups is 1. The van der Waals surface area contributed by atoms with Crippen molar-refractivity contribution in [2.45, 2.75) is 18.9 Å². The molecule has 1 aromatic rings. The summed E-state index contributed by atoms with van der Waals surface area (Å²) in [5.41, 5.74) is 0.253. The molecule has 0 aromatic heterocycles. The molecule has 8 heteroatoms. The molecule has 1 atom stereocenters. The van der Waals surface area contributed by atoms with Gasteiger partial charge < -0.3 is 20.1 Å². The van der Waals surface area contributed by atoms with Crippen LogP contribution in [0.4, 0.5) is 11.4 Å². The van der Waals surface area contributed by atoms with E-state index in [2.05, 4.69) is 10.6 Å². The number of hydrogen-bond donors (Lipinski definition) is 2. The van der Waals surface area contributed by atoms with Crippen molar-refractivity contribution in [3.63, 3.8) is 0 Å². The summed E-state index contributed by atoms with van der Waals surface area (Å²) in [7, 11) is 2.89. The third kappa shape index (κ3) is 3.33. The molecule has 1 unspecified atom stereocenters. The van der Waals surface area contributed by atoms with Crippen LogP contribution in [0.1, 0.15) is 12.8 Å². The second kappa shape index (κ2) is 6.29. The van der Waals surface area contributed by atoms with Gasteiger partial charge in [-0.2, -0.15) is 0 Å². The second-order valence-electron chi connectivity index (χ2n) is 4.67. The van der Waals surface area contributed by atoms with E-state index in [1.165, 1.54) is 26.4 Å². The third-order valence-electron chi connectivity index (χ3n) is 3.32. The Hall–Kier alpha value is -2.51. The Morgan fingerprint density at radius 1 is 1.33 bits per heavy atom. The van der Waals surface area contributed by atoms with E-state index in [0.29, 0.717) is 36.6 Å². The van der Waals surface area contributed by atoms with Gasteiger partial charge in [-0.1, -0.05) is 0 Å². The number of rotatable bonds is 5. The Bertz CT molecular complexity index is 551. The number of carbonyl (C=O) groups is 1. The van der Waals surface area contributed by atoms with Gasteiger partial charge in [0.05, 0.1) is 25.2 Å². The van der Waals surface area contributed by atoms with Gasteiger partial charge in [-0.05, 0) is 6.42 Å². The number of carbonyl (C=O) groups excluding carboxylic acids is 1. The summed E-state index contributed by atoms with van der Waals surface area (Å²) in [6.07, 6.45) is 1.02. The average Bonchev–Trinajstić information content (AvgIpc) is 2.48. The van der Waals surface area contributed by atoms with Gasteiger partial charge in [-0.3, -0.25) is 14.9 Å². The summed E-state index contributed by atoms with van der Waals surface area (Å²) < 4.78 is 10.2. The average molecular weight is 295 g/mol. The molecule has 0 spiro atoms. The van der Waals surface area contributed by atoms with Crippen LogP contribution in [0.25, 0.3) is 0 Å². The minimum atomic E-state index is -0.480. The molecule has 2 rings (SSSR count). The molecule has 1 saturated heterocycles. The van der Waals surface area contributed by atoms with E-state index in [0.717, 1.165) is 0 Å². The molecule has 0 aliphatic carbocycles. The lowest BCUT2D eigenvalue weighted by molar-refractivity contribution is -0.384. The van der Waals surface area contributed by atoms with Crippen LogP contribution in [0.5, 0.6) is 11.5 Å². The molecule has 1 heterocycles. The molecule has 21 heavy (non-hydrogen) atoms. The minimum Gasteiger partial charge on any atom is -0.493 e. The van der Waals surface area contributed by atoms with E-state index >= 15 is 0 Å². The summed E-state index contributed by atoms with van der Waals surface area (Å²) >= 11 is 0. The predicted octanol–water partition coefficient (Wildman–Crippen LogP) is 1.30. The van der Waals surface area contributed by atoms with E-state index in [9.17, 15) is 14.9 Å². The Kier molecular flexibility index (Phi) is 4.46. The number of nitrogens with one attached hydrogen (secondary N) is 2. The second-order valence-corrected chi connectivity index (χ2v) is 4.67. The Labute approximate surface area is 121 Å². The highest BCUT2D eigenvalue weighted by molar-refractivity contribution is 5.77. The number of nitro benzene ring substituents is 1. The van der Waals surface area contributed by atoms with Crippen molar-refractivity contribution in [2.75, 3.05) is 26.1 Å². The molecule has 114 valence electrons. The molecule has 1 fully saturated rings. The van der Waals surface area contributed by atoms with Crippen molar-refractivity contribution < 1.29 is 19.2 Å². The van der Waals surface area contributed by atoms with Crippen LogP contribution in [-0.4, -0.2) is 37.6 Å². The van der Waals surface area contributed by atoms with Crippen molar-refractivity contribution in [2.24, 2.45) is 0 Å². The summed E-state index contributed by atoms with van der Waals surface area (Å²) in [5.74, 6) is 0.701. The molecule has 1 aliphatic rings. The SMILES string of the molecule is COc1cc(NC2CCC(=O)NC2)c([N+](=O)[O-])cc1OC. The number of anilines is 1. The van der Waals surface area contributed by atoms with Crippen molar-refractivity contribution in [1.29, 1.82) is 0 Å². The van der Waals surface area contributed by atoms with E-state index in [1.807, 2.05) is 0 Å². The van der Waals surface area contributed by atoms with Crippen molar-refractivity contribution in [3.05, 3.63) is 22.2 Å². The first-order valence-electron chi connectivity index (χ1n) is 6.48. The quantitative estimate of drug-likeness (QED) is 0.627. The fraction of sp³-hybridized carbons (Fsp3) is 0.462. The normalized spacial score (nSPS) is 17.8. The highest BCUT2D eigenvalue weighted by Gasteiger charge is 2.24. The number of benzene rings is 1. The van der Waals surface area contributed by atoms with Crippen LogP contribution in [0.3, 0.4) is 0 Å². The number of hydrogen-bond acceptors (Lipinski definition) is 6. The predicted molar refractivity (Wildman–Crippen MR) is 75.9 cm³/mol. The molecule has 1 aliphatic heterocycles. The molecule has 1 aromatic carbocycles. The Morgan fingerprint density at radius 3 is 2.52 bits per heavy atom. The van der Waals surface area contributed by atoms with Crippen molar-refractivity contribution in [1.82, 2.24) is 5.32 Å². The number of nitrogens with zero attached hydrogens (tertiary/aromatic N) is 1. The van der Waals surface area contributed by atoms with Crippen LogP contribution in [0.2, 0.25) is 0 Å². The van der Waals surface area contributed by atoms with Gasteiger partial charge in [-0.15, -0.1) is 0 Å². The van der Waals surface area contributed by atoms with Crippen molar-refractivity contribution in [3.8, 4) is 11.5 Å². The molecule has 8 nitrogen and oxygen atoms in total. The Balaban J connectivity index is 2.28. The van der Waals surface area contributed by atoms with Crippen LogP contribution in [0, 0.1) is 10.1 Å². The molecule has 2 N–H and O–H groups in total. The van der Waals surface area contributed by atoms with Crippen LogP contribution in [0.15, 0.2) is 12.1 Å². The number of methoxy groups -OCH3 is 2. The number of piperidine rings is 1. The maximum atomic E-state index is 11.2. The maximum absolute atomic E-state index is 11.2. The summed E-state index contributed by atoms with van der Waals surface area (Å²) in [4.78, 5) is 21.8. The summed E-state index contributed by atoms with van der Waals surface area (Å²) in [6, 6.07) is 2.80. The van der Waals surface area contributed by atoms with E-state index in [-0.39, 0.29) is 17.6 Å². The largest absolute Gasteiger partial charge is 0.493 e. The molecule has 0 radical (unpaired) electrons. The maximum Gasteiger partial charge on any atom is 0.296 e. The molecular formula is C13H17N3O5. The van der Waals surface area contributed by atoms with E-state index in [4.69, 9.17) is 9.47 Å². The molecule has 1 amide bonds. The first-order valence-corrected chi connectivity index (χ1v) is 6.48. The van der Waals surface area contributed by atoms with Crippen LogP contribution >= 0.6 is 0 Å². The molecule has 0 bridgehead atoms. The van der Waals surface area contributed by atoms with Gasteiger partial charge in [0, 0.05) is 25.1 Å². The van der Waals surface area contributed by atoms with E-state index < -0.39 is 4.92 Å². The lowest BCUT2D eigenvalue weighted by Crippen LogP contribution is -2.41. The van der Waals surface area contributed by atoms with Crippen LogP contribution < -0.4 is 20.1 Å². The summed E-state index contributed by atoms with van der Waals surface area (Å²) in [6.45, 7) is 0.435. The molecular weight excluding hydrogens is 278 g/mol. The lowest BCUT2D eigenvalue weighted by Gasteiger charge is -2.24. The van der Waals surface area contributed by atoms with Gasteiger partial charge in [0.2, 0.25) is 5.91 Å². The van der Waals surface area contributed by atoms with Gasteiger partial charge in [0.1, 0.15) is 5.69 Å². The first kappa shape index (κ1) is 14.9. The number of amides is 1. The highest BCUT2D eigenvalue weighted by Crippen LogP contribution is 2.38. The zero-order valence-electron chi connectivity index (χ0n) is 11.8. The fourth-order valence-electron chi connectivity index (χ4n) is 2.21. The lowest BCUT2D eigenvalue weighted by atomic mass is 10.1. The zero-order chi connectivity index (χ0) is 15.4. The fourth-order valence-corrected chi connectivity index (χ4v) is 2.21. The van der Waals surface area contributed by atoms with Gasteiger partial charge in [-0.25, -0.2) is 0 Å². The van der Waals surface area contributed by atoms with Gasteiger partial charge >= 0.3 is 0 Å². The van der Waals surface area contributed by atoms with Crippen molar-refractivity contribution >= 4 is 17.3 Å². The van der Waals surface area contributed by atoms with Crippen LogP contribution in [-0.2, 0) is 4.79 Å². The van der Waals surface area contributed by atoms with E-state index in [1.54, 1.807) is 0 Å². The Morgan fingerprint density at radius 2 is 2.00 bits per heavy atom. The standard InChI is InChI=1S/C13H17N3O5/c1-20-11-5-9(10(16(18)19)6-12(11)21-2)15-8-3-4-13(17)14-7-8/h5-6,8,15H,3-4,7H2,1-2H3,(H,14,17). The van der Waals surface area contributed by atoms with Gasteiger partial charge in [0.25, 0.3) is 5.69 Å². The highest BCUT2D eigenvalue weighted by atomic mass is 16.6. The van der Waals surface area contributed by atoms with Gasteiger partial charge in [0.15, 0.2) is 11.5 Å². The third-order valence-corrected chi connectivity index (χ3v) is 3.32. The topological polar surface area (TPSA) is 103 Å². The first-order chi connectivity index (χ1) is 10.0.